The van der Waals surface area contributed by atoms with Gasteiger partial charge in [-0.05, 0) is 52.7 Å². The fraction of sp³-hybridized carbons (Fsp3) is 0.588. The number of carbonyl (C=O) groups excluding carboxylic acids is 1. The van der Waals surface area contributed by atoms with Gasteiger partial charge in [0.2, 0.25) is 10.0 Å². The molecule has 2 N–H and O–H groups in total. The van der Waals surface area contributed by atoms with Gasteiger partial charge in [0.1, 0.15) is 0 Å². The van der Waals surface area contributed by atoms with Crippen molar-refractivity contribution in [1.29, 1.82) is 0 Å². The third-order valence-corrected chi connectivity index (χ3v) is 5.70. The molecule has 0 saturated carbocycles. The van der Waals surface area contributed by atoms with Crippen LogP contribution < -0.4 is 9.62 Å². The molecule has 1 rings (SSSR count). The first-order valence-electron chi connectivity index (χ1n) is 8.27. The zero-order valence-electron chi connectivity index (χ0n) is 14.6. The van der Waals surface area contributed by atoms with Crippen LogP contribution >= 0.6 is 0 Å². The van der Waals surface area contributed by atoms with Gasteiger partial charge in [0.05, 0.1) is 24.5 Å². The minimum atomic E-state index is -3.53. The van der Waals surface area contributed by atoms with Crippen LogP contribution in [0.1, 0.15) is 50.9 Å². The second kappa shape index (κ2) is 9.15. The second-order valence-corrected chi connectivity index (χ2v) is 7.67. The molecule has 0 aromatic heterocycles. The minimum Gasteiger partial charge on any atom is -0.335 e. The SMILES string of the molecule is CC[NH+](CC)CCC[C@@H](C)NS(=O)(=O)c1ccc(C(C)=O)cc1. The number of ketones is 1. The molecule has 0 amide bonds. The minimum absolute atomic E-state index is 0.0748. The van der Waals surface area contributed by atoms with E-state index in [9.17, 15) is 13.2 Å². The summed E-state index contributed by atoms with van der Waals surface area (Å²) in [6.07, 6.45) is 1.80. The van der Waals surface area contributed by atoms with Crippen LogP contribution in [-0.4, -0.2) is 39.9 Å². The van der Waals surface area contributed by atoms with E-state index in [1.165, 1.54) is 24.0 Å². The average molecular weight is 341 g/mol. The van der Waals surface area contributed by atoms with E-state index in [-0.39, 0.29) is 16.7 Å². The van der Waals surface area contributed by atoms with Gasteiger partial charge in [-0.3, -0.25) is 4.79 Å². The zero-order valence-corrected chi connectivity index (χ0v) is 15.4. The molecule has 0 spiro atoms. The lowest BCUT2D eigenvalue weighted by molar-refractivity contribution is -0.896. The molecule has 23 heavy (non-hydrogen) atoms. The molecule has 130 valence electrons. The van der Waals surface area contributed by atoms with Gasteiger partial charge in [-0.2, -0.15) is 0 Å². The third-order valence-electron chi connectivity index (χ3n) is 4.09. The molecule has 0 saturated heterocycles. The van der Waals surface area contributed by atoms with Gasteiger partial charge in [0, 0.05) is 11.6 Å². The summed E-state index contributed by atoms with van der Waals surface area (Å²) in [5.41, 5.74) is 0.513. The van der Waals surface area contributed by atoms with E-state index in [1.807, 2.05) is 6.92 Å². The Morgan fingerprint density at radius 1 is 1.17 bits per heavy atom. The molecule has 0 radical (unpaired) electrons. The molecule has 5 nitrogen and oxygen atoms in total. The first-order chi connectivity index (χ1) is 10.8. The summed E-state index contributed by atoms with van der Waals surface area (Å²) in [5.74, 6) is -0.0748. The molecule has 1 atom stereocenters. The van der Waals surface area contributed by atoms with Gasteiger partial charge in [0.25, 0.3) is 0 Å². The maximum Gasteiger partial charge on any atom is 0.240 e. The number of carbonyl (C=O) groups is 1. The fourth-order valence-electron chi connectivity index (χ4n) is 2.52. The molecule has 1 aromatic carbocycles. The number of Topliss-reactive ketones (excluding diaryl/α,β-unsaturated/α-hetero) is 1. The number of quaternary nitrogens is 1. The highest BCUT2D eigenvalue weighted by molar-refractivity contribution is 7.89. The van der Waals surface area contributed by atoms with Crippen molar-refractivity contribution in [2.45, 2.75) is 51.5 Å². The highest BCUT2D eigenvalue weighted by Crippen LogP contribution is 2.12. The van der Waals surface area contributed by atoms with Crippen LogP contribution in [0.3, 0.4) is 0 Å². The molecule has 0 unspecified atom stereocenters. The Morgan fingerprint density at radius 2 is 1.74 bits per heavy atom. The molecule has 1 aromatic rings. The standard InChI is InChI=1S/C17H28N2O3S/c1-5-19(6-2)13-7-8-14(3)18-23(21,22)17-11-9-16(10-12-17)15(4)20/h9-12,14,18H,5-8,13H2,1-4H3/p+1/t14-/m1/s1. The Morgan fingerprint density at radius 3 is 2.22 bits per heavy atom. The van der Waals surface area contributed by atoms with E-state index in [2.05, 4.69) is 18.6 Å². The lowest BCUT2D eigenvalue weighted by atomic mass is 10.2. The van der Waals surface area contributed by atoms with Crippen LogP contribution in [0.25, 0.3) is 0 Å². The highest BCUT2D eigenvalue weighted by atomic mass is 32.2. The van der Waals surface area contributed by atoms with Crippen molar-refractivity contribution in [2.75, 3.05) is 19.6 Å². The zero-order chi connectivity index (χ0) is 17.5. The van der Waals surface area contributed by atoms with Crippen LogP contribution in [-0.2, 0) is 10.0 Å². The summed E-state index contributed by atoms with van der Waals surface area (Å²) >= 11 is 0. The predicted octanol–water partition coefficient (Wildman–Crippen LogP) is 1.26. The van der Waals surface area contributed by atoms with Gasteiger partial charge >= 0.3 is 0 Å². The molecule has 0 heterocycles. The number of nitrogens with one attached hydrogen (secondary N) is 2. The van der Waals surface area contributed by atoms with Crippen molar-refractivity contribution in [3.63, 3.8) is 0 Å². The monoisotopic (exact) mass is 341 g/mol. The Kier molecular flexibility index (Phi) is 7.88. The summed E-state index contributed by atoms with van der Waals surface area (Å²) < 4.78 is 27.4. The maximum atomic E-state index is 12.3. The molecular formula is C17H29N2O3S+. The number of hydrogen-bond donors (Lipinski definition) is 2. The molecular weight excluding hydrogens is 312 g/mol. The fourth-order valence-corrected chi connectivity index (χ4v) is 3.80. The first-order valence-corrected chi connectivity index (χ1v) is 9.75. The van der Waals surface area contributed by atoms with Gasteiger partial charge in [-0.1, -0.05) is 12.1 Å². The number of benzene rings is 1. The summed E-state index contributed by atoms with van der Waals surface area (Å²) in [6.45, 7) is 10.9. The second-order valence-electron chi connectivity index (χ2n) is 5.95. The molecule has 0 aliphatic carbocycles. The van der Waals surface area contributed by atoms with Crippen molar-refractivity contribution in [1.82, 2.24) is 4.72 Å². The van der Waals surface area contributed by atoms with Crippen LogP contribution in [0.15, 0.2) is 29.2 Å². The van der Waals surface area contributed by atoms with E-state index in [1.54, 1.807) is 12.1 Å². The van der Waals surface area contributed by atoms with Crippen molar-refractivity contribution >= 4 is 15.8 Å². The maximum absolute atomic E-state index is 12.3. The molecule has 0 aliphatic heterocycles. The summed E-state index contributed by atoms with van der Waals surface area (Å²) in [4.78, 5) is 13.0. The Bertz CT molecular complexity index is 593. The third kappa shape index (κ3) is 6.41. The van der Waals surface area contributed by atoms with Crippen molar-refractivity contribution in [3.8, 4) is 0 Å². The van der Waals surface area contributed by atoms with Crippen LogP contribution in [0.2, 0.25) is 0 Å². The van der Waals surface area contributed by atoms with Crippen molar-refractivity contribution in [2.24, 2.45) is 0 Å². The van der Waals surface area contributed by atoms with Crippen molar-refractivity contribution < 1.29 is 18.1 Å². The molecule has 0 aliphatic rings. The Balaban J connectivity index is 2.58. The van der Waals surface area contributed by atoms with E-state index in [0.717, 1.165) is 32.5 Å². The summed E-state index contributed by atoms with van der Waals surface area (Å²) in [5, 5.41) is 0. The lowest BCUT2D eigenvalue weighted by Crippen LogP contribution is -3.11. The topological polar surface area (TPSA) is 67.7 Å². The lowest BCUT2D eigenvalue weighted by Gasteiger charge is -2.18. The van der Waals surface area contributed by atoms with Gasteiger partial charge in [-0.15, -0.1) is 0 Å². The summed E-state index contributed by atoms with van der Waals surface area (Å²) in [7, 11) is -3.53. The van der Waals surface area contributed by atoms with Crippen LogP contribution in [0.5, 0.6) is 0 Å². The highest BCUT2D eigenvalue weighted by Gasteiger charge is 2.17. The molecule has 0 fully saturated rings. The van der Waals surface area contributed by atoms with E-state index in [4.69, 9.17) is 0 Å². The first kappa shape index (κ1) is 19.8. The number of rotatable bonds is 10. The summed E-state index contributed by atoms with van der Waals surface area (Å²) in [6, 6.07) is 5.94. The number of sulfonamides is 1. The van der Waals surface area contributed by atoms with Gasteiger partial charge in [0.15, 0.2) is 5.78 Å². The average Bonchev–Trinajstić information content (AvgIpc) is 2.51. The Hall–Kier alpha value is -1.24. The van der Waals surface area contributed by atoms with Gasteiger partial charge in [-0.25, -0.2) is 13.1 Å². The quantitative estimate of drug-likeness (QED) is 0.630. The van der Waals surface area contributed by atoms with E-state index < -0.39 is 10.0 Å². The number of hydrogen-bond acceptors (Lipinski definition) is 3. The van der Waals surface area contributed by atoms with Crippen LogP contribution in [0, 0.1) is 0 Å². The van der Waals surface area contributed by atoms with Crippen LogP contribution in [0.4, 0.5) is 0 Å². The smallest absolute Gasteiger partial charge is 0.240 e. The molecule has 6 heteroatoms. The normalized spacial score (nSPS) is 13.3. The van der Waals surface area contributed by atoms with Crippen molar-refractivity contribution in [3.05, 3.63) is 29.8 Å². The van der Waals surface area contributed by atoms with E-state index in [0.29, 0.717) is 5.56 Å². The largest absolute Gasteiger partial charge is 0.335 e. The molecule has 0 bridgehead atoms. The predicted molar refractivity (Wildman–Crippen MR) is 92.4 cm³/mol. The van der Waals surface area contributed by atoms with Gasteiger partial charge < -0.3 is 4.90 Å². The Labute approximate surface area is 140 Å². The van der Waals surface area contributed by atoms with E-state index >= 15 is 0 Å².